The Bertz CT molecular complexity index is 1020. The molecule has 0 aliphatic heterocycles. The summed E-state index contributed by atoms with van der Waals surface area (Å²) < 4.78 is 0. The Balaban J connectivity index is 1.49. The Labute approximate surface area is 171 Å². The minimum atomic E-state index is -0.182. The van der Waals surface area contributed by atoms with Gasteiger partial charge in [-0.3, -0.25) is 9.59 Å². The van der Waals surface area contributed by atoms with Crippen LogP contribution in [0.3, 0.4) is 0 Å². The molecule has 1 aliphatic carbocycles. The summed E-state index contributed by atoms with van der Waals surface area (Å²) >= 11 is 3.41. The van der Waals surface area contributed by atoms with Crippen LogP contribution < -0.4 is 5.32 Å². The minimum Gasteiger partial charge on any atom is -0.348 e. The number of alkyl halides is 1. The lowest BCUT2D eigenvalue weighted by Gasteiger charge is -2.18. The van der Waals surface area contributed by atoms with Gasteiger partial charge in [-0.2, -0.15) is 0 Å². The number of ketones is 1. The van der Waals surface area contributed by atoms with Gasteiger partial charge in [-0.1, -0.05) is 58.4 Å². The quantitative estimate of drug-likeness (QED) is 0.629. The van der Waals surface area contributed by atoms with Gasteiger partial charge in [0, 0.05) is 23.9 Å². The van der Waals surface area contributed by atoms with Crippen LogP contribution in [0, 0.1) is 0 Å². The fraction of sp³-hybridized carbons (Fsp3) is 0.182. The second-order valence-corrected chi connectivity index (χ2v) is 7.79. The number of aromatic nitrogens is 2. The average molecular weight is 436 g/mol. The lowest BCUT2D eigenvalue weighted by molar-refractivity contribution is 0.0948. The van der Waals surface area contributed by atoms with Crippen molar-refractivity contribution in [2.75, 3.05) is 0 Å². The number of halogens is 1. The van der Waals surface area contributed by atoms with Gasteiger partial charge in [0.2, 0.25) is 0 Å². The predicted octanol–water partition coefficient (Wildman–Crippen LogP) is 3.97. The van der Waals surface area contributed by atoms with Crippen molar-refractivity contribution in [2.24, 2.45) is 0 Å². The molecule has 1 heterocycles. The first-order chi connectivity index (χ1) is 13.6. The summed E-state index contributed by atoms with van der Waals surface area (Å²) in [4.78, 5) is 33.4. The van der Waals surface area contributed by atoms with E-state index >= 15 is 0 Å². The SMILES string of the molecule is O=C(NCc1ccccc1)c1ccc(-c2ncc3c(n2)C(=O)C(Br)CC3)cc1. The third-order valence-electron chi connectivity index (χ3n) is 4.75. The maximum Gasteiger partial charge on any atom is 0.251 e. The Morgan fingerprint density at radius 2 is 1.86 bits per heavy atom. The number of amides is 1. The van der Waals surface area contributed by atoms with E-state index in [0.717, 1.165) is 29.5 Å². The zero-order chi connectivity index (χ0) is 19.5. The standard InChI is InChI=1S/C22H18BrN3O2/c23-18-11-10-17-13-24-21(26-19(17)20(18)27)15-6-8-16(9-7-15)22(28)25-12-14-4-2-1-3-5-14/h1-9,13,18H,10-12H2,(H,25,28). The van der Waals surface area contributed by atoms with Crippen molar-refractivity contribution in [3.8, 4) is 11.4 Å². The topological polar surface area (TPSA) is 72.0 Å². The Hall–Kier alpha value is -2.86. The fourth-order valence-electron chi connectivity index (χ4n) is 3.15. The number of carbonyl (C=O) groups is 2. The van der Waals surface area contributed by atoms with Gasteiger partial charge in [-0.25, -0.2) is 9.97 Å². The van der Waals surface area contributed by atoms with Crippen molar-refractivity contribution >= 4 is 27.6 Å². The molecular formula is C22H18BrN3O2. The maximum absolute atomic E-state index is 12.3. The largest absolute Gasteiger partial charge is 0.348 e. The van der Waals surface area contributed by atoms with Crippen LogP contribution in [0.1, 0.15) is 38.4 Å². The summed E-state index contributed by atoms with van der Waals surface area (Å²) in [6.07, 6.45) is 3.29. The molecule has 0 radical (unpaired) electrons. The summed E-state index contributed by atoms with van der Waals surface area (Å²) in [5.74, 6) is 0.353. The predicted molar refractivity (Wildman–Crippen MR) is 110 cm³/mol. The van der Waals surface area contributed by atoms with E-state index < -0.39 is 0 Å². The van der Waals surface area contributed by atoms with Crippen LogP contribution >= 0.6 is 15.9 Å². The highest BCUT2D eigenvalue weighted by Crippen LogP contribution is 2.26. The third-order valence-corrected chi connectivity index (χ3v) is 5.62. The molecule has 0 fully saturated rings. The number of fused-ring (bicyclic) bond motifs is 1. The van der Waals surface area contributed by atoms with E-state index in [0.29, 0.717) is 23.6 Å². The first-order valence-corrected chi connectivity index (χ1v) is 10.00. The first kappa shape index (κ1) is 18.5. The normalized spacial score (nSPS) is 15.8. The van der Waals surface area contributed by atoms with Crippen LogP contribution in [0.2, 0.25) is 0 Å². The summed E-state index contributed by atoms with van der Waals surface area (Å²) in [5.41, 5.74) is 3.76. The van der Waals surface area contributed by atoms with E-state index in [4.69, 9.17) is 0 Å². The zero-order valence-electron chi connectivity index (χ0n) is 15.1. The molecule has 4 rings (SSSR count). The number of carbonyl (C=O) groups excluding carboxylic acids is 2. The van der Waals surface area contributed by atoms with Gasteiger partial charge < -0.3 is 5.32 Å². The van der Waals surface area contributed by atoms with Gasteiger partial charge in [-0.15, -0.1) is 0 Å². The van der Waals surface area contributed by atoms with Gasteiger partial charge in [0.25, 0.3) is 5.91 Å². The molecule has 28 heavy (non-hydrogen) atoms. The number of hydrogen-bond donors (Lipinski definition) is 1. The summed E-state index contributed by atoms with van der Waals surface area (Å²) in [6.45, 7) is 0.477. The van der Waals surface area contributed by atoms with E-state index in [1.165, 1.54) is 0 Å². The van der Waals surface area contributed by atoms with E-state index in [-0.39, 0.29) is 16.5 Å². The number of rotatable bonds is 4. The molecule has 1 amide bonds. The number of nitrogens with zero attached hydrogens (tertiary/aromatic N) is 2. The van der Waals surface area contributed by atoms with Crippen LogP contribution in [0.5, 0.6) is 0 Å². The molecule has 2 aromatic carbocycles. The lowest BCUT2D eigenvalue weighted by Crippen LogP contribution is -2.24. The van der Waals surface area contributed by atoms with Gasteiger partial charge >= 0.3 is 0 Å². The molecule has 6 heteroatoms. The average Bonchev–Trinajstić information content (AvgIpc) is 2.75. The monoisotopic (exact) mass is 435 g/mol. The van der Waals surface area contributed by atoms with E-state index in [9.17, 15) is 9.59 Å². The molecule has 1 aliphatic rings. The smallest absolute Gasteiger partial charge is 0.251 e. The molecule has 0 bridgehead atoms. The second kappa shape index (κ2) is 8.02. The third kappa shape index (κ3) is 3.87. The van der Waals surface area contributed by atoms with Crippen molar-refractivity contribution in [3.63, 3.8) is 0 Å². The van der Waals surface area contributed by atoms with Crippen LogP contribution in [0.4, 0.5) is 0 Å². The van der Waals surface area contributed by atoms with Crippen molar-refractivity contribution in [1.29, 1.82) is 0 Å². The molecule has 1 N–H and O–H groups in total. The highest BCUT2D eigenvalue weighted by Gasteiger charge is 2.27. The molecule has 0 saturated heterocycles. The van der Waals surface area contributed by atoms with Crippen LogP contribution in [-0.2, 0) is 13.0 Å². The number of aryl methyl sites for hydroxylation is 1. The highest BCUT2D eigenvalue weighted by atomic mass is 79.9. The fourth-order valence-corrected chi connectivity index (χ4v) is 3.60. The Morgan fingerprint density at radius 1 is 1.11 bits per heavy atom. The van der Waals surface area contributed by atoms with E-state index in [1.807, 2.05) is 30.3 Å². The number of hydrogen-bond acceptors (Lipinski definition) is 4. The number of benzene rings is 2. The summed E-state index contributed by atoms with van der Waals surface area (Å²) in [5, 5.41) is 2.91. The molecule has 1 atom stereocenters. The van der Waals surface area contributed by atoms with Crippen molar-refractivity contribution in [2.45, 2.75) is 24.2 Å². The Kier molecular flexibility index (Phi) is 5.30. The Morgan fingerprint density at radius 3 is 2.61 bits per heavy atom. The van der Waals surface area contributed by atoms with Crippen LogP contribution in [-0.4, -0.2) is 26.5 Å². The van der Waals surface area contributed by atoms with Crippen molar-refractivity contribution in [1.82, 2.24) is 15.3 Å². The number of Topliss-reactive ketones (excluding diaryl/α,β-unsaturated/α-hetero) is 1. The van der Waals surface area contributed by atoms with Gasteiger partial charge in [0.05, 0.1) is 4.83 Å². The molecule has 140 valence electrons. The van der Waals surface area contributed by atoms with Gasteiger partial charge in [-0.05, 0) is 36.1 Å². The second-order valence-electron chi connectivity index (χ2n) is 6.68. The van der Waals surface area contributed by atoms with Crippen LogP contribution in [0.25, 0.3) is 11.4 Å². The molecular weight excluding hydrogens is 418 g/mol. The zero-order valence-corrected chi connectivity index (χ0v) is 16.6. The minimum absolute atomic E-state index is 0.00168. The molecule has 3 aromatic rings. The lowest BCUT2D eigenvalue weighted by atomic mass is 9.96. The summed E-state index contributed by atoms with van der Waals surface area (Å²) in [6, 6.07) is 16.9. The first-order valence-electron chi connectivity index (χ1n) is 9.08. The van der Waals surface area contributed by atoms with Gasteiger partial charge in [0.15, 0.2) is 11.6 Å². The highest BCUT2D eigenvalue weighted by molar-refractivity contribution is 9.10. The molecule has 1 aromatic heterocycles. The van der Waals surface area contributed by atoms with Gasteiger partial charge in [0.1, 0.15) is 5.69 Å². The molecule has 1 unspecified atom stereocenters. The number of nitrogens with one attached hydrogen (secondary N) is 1. The van der Waals surface area contributed by atoms with Crippen molar-refractivity contribution < 1.29 is 9.59 Å². The van der Waals surface area contributed by atoms with Crippen LogP contribution in [0.15, 0.2) is 60.8 Å². The van der Waals surface area contributed by atoms with Crippen molar-refractivity contribution in [3.05, 3.63) is 83.2 Å². The molecule has 0 spiro atoms. The van der Waals surface area contributed by atoms with E-state index in [2.05, 4.69) is 31.2 Å². The molecule has 0 saturated carbocycles. The molecule has 5 nitrogen and oxygen atoms in total. The maximum atomic E-state index is 12.3. The van der Waals surface area contributed by atoms with E-state index in [1.54, 1.807) is 30.5 Å². The summed E-state index contributed by atoms with van der Waals surface area (Å²) in [7, 11) is 0.